The molecule has 0 spiro atoms. The Morgan fingerprint density at radius 2 is 1.89 bits per heavy atom. The van der Waals surface area contributed by atoms with Crippen LogP contribution < -0.4 is 5.32 Å². The Labute approximate surface area is 127 Å². The SMILES string of the molecule is CCc1nc(-c2cc(C)c(Br)c(C)c2)sc1CNC. The zero-order chi connectivity index (χ0) is 14.0. The summed E-state index contributed by atoms with van der Waals surface area (Å²) in [5, 5.41) is 4.34. The van der Waals surface area contributed by atoms with Crippen molar-refractivity contribution in [3.05, 3.63) is 38.3 Å². The summed E-state index contributed by atoms with van der Waals surface area (Å²) in [5.74, 6) is 0. The number of nitrogens with one attached hydrogen (secondary N) is 1. The molecule has 0 radical (unpaired) electrons. The van der Waals surface area contributed by atoms with E-state index in [4.69, 9.17) is 4.98 Å². The lowest BCUT2D eigenvalue weighted by Crippen LogP contribution is -2.05. The Hall–Kier alpha value is -0.710. The van der Waals surface area contributed by atoms with Crippen molar-refractivity contribution in [1.29, 1.82) is 0 Å². The molecule has 0 unspecified atom stereocenters. The molecule has 1 aromatic heterocycles. The van der Waals surface area contributed by atoms with Crippen LogP contribution in [0.1, 0.15) is 28.6 Å². The summed E-state index contributed by atoms with van der Waals surface area (Å²) < 4.78 is 1.19. The molecule has 102 valence electrons. The van der Waals surface area contributed by atoms with Crippen molar-refractivity contribution >= 4 is 27.3 Å². The summed E-state index contributed by atoms with van der Waals surface area (Å²) >= 11 is 5.41. The Morgan fingerprint density at radius 1 is 1.26 bits per heavy atom. The van der Waals surface area contributed by atoms with Gasteiger partial charge in [-0.3, -0.25) is 0 Å². The smallest absolute Gasteiger partial charge is 0.123 e. The number of rotatable bonds is 4. The summed E-state index contributed by atoms with van der Waals surface area (Å²) in [6.45, 7) is 7.32. The van der Waals surface area contributed by atoms with E-state index in [-0.39, 0.29) is 0 Å². The molecule has 19 heavy (non-hydrogen) atoms. The highest BCUT2D eigenvalue weighted by molar-refractivity contribution is 9.10. The van der Waals surface area contributed by atoms with E-state index in [0.717, 1.165) is 18.0 Å². The van der Waals surface area contributed by atoms with Gasteiger partial charge in [-0.15, -0.1) is 11.3 Å². The minimum Gasteiger partial charge on any atom is -0.315 e. The van der Waals surface area contributed by atoms with Gasteiger partial charge in [-0.2, -0.15) is 0 Å². The van der Waals surface area contributed by atoms with Gasteiger partial charge in [0.15, 0.2) is 0 Å². The molecule has 1 heterocycles. The predicted octanol–water partition coefficient (Wildman–Crippen LogP) is 4.47. The molecule has 0 atom stereocenters. The minimum atomic E-state index is 0.898. The second-order valence-corrected chi connectivity index (χ2v) is 6.57. The van der Waals surface area contributed by atoms with Gasteiger partial charge in [-0.05, 0) is 50.6 Å². The Kier molecular flexibility index (Phi) is 4.76. The molecule has 0 fully saturated rings. The fourth-order valence-electron chi connectivity index (χ4n) is 2.15. The van der Waals surface area contributed by atoms with Crippen LogP contribution in [0, 0.1) is 13.8 Å². The molecule has 4 heteroatoms. The van der Waals surface area contributed by atoms with Gasteiger partial charge >= 0.3 is 0 Å². The fourth-order valence-corrected chi connectivity index (χ4v) is 3.53. The van der Waals surface area contributed by atoms with Gasteiger partial charge in [0.25, 0.3) is 0 Å². The van der Waals surface area contributed by atoms with Crippen LogP contribution >= 0.6 is 27.3 Å². The summed E-state index contributed by atoms with van der Waals surface area (Å²) in [4.78, 5) is 6.14. The molecule has 1 N–H and O–H groups in total. The maximum absolute atomic E-state index is 4.79. The summed E-state index contributed by atoms with van der Waals surface area (Å²) in [6.07, 6.45) is 0.988. The number of aryl methyl sites for hydroxylation is 3. The van der Waals surface area contributed by atoms with Crippen LogP contribution in [0.15, 0.2) is 16.6 Å². The van der Waals surface area contributed by atoms with Gasteiger partial charge < -0.3 is 5.32 Å². The highest BCUT2D eigenvalue weighted by Crippen LogP contribution is 2.32. The fraction of sp³-hybridized carbons (Fsp3) is 0.400. The van der Waals surface area contributed by atoms with Gasteiger partial charge in [0, 0.05) is 21.5 Å². The first-order valence-corrected chi connectivity index (χ1v) is 8.08. The summed E-state index contributed by atoms with van der Waals surface area (Å²) in [5.41, 5.74) is 4.96. The van der Waals surface area contributed by atoms with Crippen LogP contribution in [0.4, 0.5) is 0 Å². The van der Waals surface area contributed by atoms with Crippen LogP contribution in [0.3, 0.4) is 0 Å². The van der Waals surface area contributed by atoms with Crippen molar-refractivity contribution in [2.24, 2.45) is 0 Å². The maximum Gasteiger partial charge on any atom is 0.123 e. The quantitative estimate of drug-likeness (QED) is 0.889. The van der Waals surface area contributed by atoms with E-state index in [2.05, 4.69) is 54.2 Å². The highest BCUT2D eigenvalue weighted by atomic mass is 79.9. The van der Waals surface area contributed by atoms with E-state index in [1.807, 2.05) is 7.05 Å². The third-order valence-electron chi connectivity index (χ3n) is 3.13. The molecule has 2 aromatic rings. The Morgan fingerprint density at radius 3 is 2.42 bits per heavy atom. The third kappa shape index (κ3) is 3.07. The minimum absolute atomic E-state index is 0.898. The first kappa shape index (κ1) is 14.7. The Bertz CT molecular complexity index is 567. The maximum atomic E-state index is 4.79. The number of hydrogen-bond donors (Lipinski definition) is 1. The zero-order valence-electron chi connectivity index (χ0n) is 11.8. The molecule has 0 amide bonds. The normalized spacial score (nSPS) is 11.0. The molecule has 0 aliphatic carbocycles. The van der Waals surface area contributed by atoms with Crippen molar-refractivity contribution in [1.82, 2.24) is 10.3 Å². The van der Waals surface area contributed by atoms with Gasteiger partial charge in [0.05, 0.1) is 5.69 Å². The first-order chi connectivity index (χ1) is 9.06. The topological polar surface area (TPSA) is 24.9 Å². The molecule has 0 saturated heterocycles. The predicted molar refractivity (Wildman–Crippen MR) is 86.9 cm³/mol. The van der Waals surface area contributed by atoms with Crippen LogP contribution in [-0.4, -0.2) is 12.0 Å². The number of halogens is 1. The summed E-state index contributed by atoms with van der Waals surface area (Å²) in [7, 11) is 1.98. The molecule has 0 saturated carbocycles. The second-order valence-electron chi connectivity index (χ2n) is 4.70. The van der Waals surface area contributed by atoms with Gasteiger partial charge in [0.1, 0.15) is 5.01 Å². The van der Waals surface area contributed by atoms with Crippen molar-refractivity contribution in [3.63, 3.8) is 0 Å². The number of hydrogen-bond acceptors (Lipinski definition) is 3. The van der Waals surface area contributed by atoms with E-state index < -0.39 is 0 Å². The molecule has 0 aliphatic heterocycles. The largest absolute Gasteiger partial charge is 0.315 e. The number of aromatic nitrogens is 1. The number of thiazole rings is 1. The van der Waals surface area contributed by atoms with Crippen LogP contribution in [0.5, 0.6) is 0 Å². The third-order valence-corrected chi connectivity index (χ3v) is 5.53. The van der Waals surface area contributed by atoms with Crippen molar-refractivity contribution in [2.75, 3.05) is 7.05 Å². The lowest BCUT2D eigenvalue weighted by Gasteiger charge is -2.05. The van der Waals surface area contributed by atoms with E-state index in [9.17, 15) is 0 Å². The van der Waals surface area contributed by atoms with E-state index in [1.165, 1.54) is 31.7 Å². The van der Waals surface area contributed by atoms with Crippen LogP contribution in [0.25, 0.3) is 10.6 Å². The Balaban J connectivity index is 2.47. The molecular weight excluding hydrogens is 320 g/mol. The van der Waals surface area contributed by atoms with E-state index >= 15 is 0 Å². The first-order valence-electron chi connectivity index (χ1n) is 6.47. The molecular formula is C15H19BrN2S. The van der Waals surface area contributed by atoms with Crippen LogP contribution in [0.2, 0.25) is 0 Å². The standard InChI is InChI=1S/C15H19BrN2S/c1-5-12-13(8-17-4)19-15(18-12)11-6-9(2)14(16)10(3)7-11/h6-7,17H,5,8H2,1-4H3. The number of benzene rings is 1. The summed E-state index contributed by atoms with van der Waals surface area (Å²) in [6, 6.07) is 4.41. The molecule has 2 nitrogen and oxygen atoms in total. The van der Waals surface area contributed by atoms with Crippen molar-refractivity contribution < 1.29 is 0 Å². The molecule has 2 rings (SSSR count). The van der Waals surface area contributed by atoms with E-state index in [1.54, 1.807) is 11.3 Å². The highest BCUT2D eigenvalue weighted by Gasteiger charge is 2.12. The van der Waals surface area contributed by atoms with Crippen LogP contribution in [-0.2, 0) is 13.0 Å². The van der Waals surface area contributed by atoms with Gasteiger partial charge in [-0.1, -0.05) is 22.9 Å². The zero-order valence-corrected chi connectivity index (χ0v) is 14.2. The van der Waals surface area contributed by atoms with Gasteiger partial charge in [0.2, 0.25) is 0 Å². The molecule has 1 aromatic carbocycles. The van der Waals surface area contributed by atoms with Crippen molar-refractivity contribution in [2.45, 2.75) is 33.7 Å². The van der Waals surface area contributed by atoms with Gasteiger partial charge in [-0.25, -0.2) is 4.98 Å². The van der Waals surface area contributed by atoms with E-state index in [0.29, 0.717) is 0 Å². The monoisotopic (exact) mass is 338 g/mol. The lowest BCUT2D eigenvalue weighted by molar-refractivity contribution is 0.815. The lowest BCUT2D eigenvalue weighted by atomic mass is 10.1. The van der Waals surface area contributed by atoms with Crippen molar-refractivity contribution in [3.8, 4) is 10.6 Å². The molecule has 0 aliphatic rings. The second kappa shape index (κ2) is 6.16. The molecule has 0 bridgehead atoms. The number of nitrogens with zero attached hydrogens (tertiary/aromatic N) is 1. The average Bonchev–Trinajstić information content (AvgIpc) is 2.79. The average molecular weight is 339 g/mol.